The summed E-state index contributed by atoms with van der Waals surface area (Å²) in [5.74, 6) is 0.847. The minimum absolute atomic E-state index is 0.835. The highest BCUT2D eigenvalue weighted by Crippen LogP contribution is 2.43. The number of hydrogen-bond donors (Lipinski definition) is 0. The maximum absolute atomic E-state index is 6.55. The van der Waals surface area contributed by atoms with Gasteiger partial charge in [-0.05, 0) is 41.1 Å². The highest BCUT2D eigenvalue weighted by atomic mass is 32.1. The molecule has 4 heterocycles. The fourth-order valence-electron chi connectivity index (χ4n) is 6.91. The van der Waals surface area contributed by atoms with Gasteiger partial charge in [0.25, 0.3) is 0 Å². The lowest BCUT2D eigenvalue weighted by atomic mass is 9.98. The van der Waals surface area contributed by atoms with Crippen molar-refractivity contribution in [3.8, 4) is 17.1 Å². The van der Waals surface area contributed by atoms with Crippen LogP contribution in [0.25, 0.3) is 91.8 Å². The first-order chi connectivity index (χ1) is 21.3. The number of hydrogen-bond acceptors (Lipinski definition) is 3. The second kappa shape index (κ2) is 8.54. The van der Waals surface area contributed by atoms with E-state index in [1.807, 2.05) is 23.5 Å². The fraction of sp³-hybridized carbons (Fsp3) is 0. The van der Waals surface area contributed by atoms with Gasteiger partial charge in [-0.3, -0.25) is 4.57 Å². The third-order valence-electron chi connectivity index (χ3n) is 8.79. The van der Waals surface area contributed by atoms with Crippen LogP contribution in [0.4, 0.5) is 0 Å². The van der Waals surface area contributed by atoms with E-state index in [-0.39, 0.29) is 0 Å². The number of pyridine rings is 1. The second-order valence-corrected chi connectivity index (χ2v) is 12.2. The van der Waals surface area contributed by atoms with E-state index in [9.17, 15) is 0 Å². The van der Waals surface area contributed by atoms with Crippen molar-refractivity contribution in [3.63, 3.8) is 0 Å². The third kappa shape index (κ3) is 3.21. The summed E-state index contributed by atoms with van der Waals surface area (Å²) in [6, 6.07) is 47.5. The Labute approximate surface area is 249 Å². The zero-order chi connectivity index (χ0) is 28.1. The number of aromatic nitrogens is 2. The van der Waals surface area contributed by atoms with E-state index in [1.54, 1.807) is 0 Å². The van der Waals surface area contributed by atoms with Gasteiger partial charge in [-0.1, -0.05) is 97.1 Å². The van der Waals surface area contributed by atoms with Gasteiger partial charge in [-0.2, -0.15) is 0 Å². The van der Waals surface area contributed by atoms with Crippen molar-refractivity contribution in [1.29, 1.82) is 0 Å². The van der Waals surface area contributed by atoms with Crippen LogP contribution in [-0.2, 0) is 0 Å². The molecule has 0 spiro atoms. The first-order valence-corrected chi connectivity index (χ1v) is 15.3. The summed E-state index contributed by atoms with van der Waals surface area (Å²) < 4.78 is 11.5. The number of thiophene rings is 1. The van der Waals surface area contributed by atoms with Crippen LogP contribution in [0, 0.1) is 0 Å². The van der Waals surface area contributed by atoms with E-state index in [0.29, 0.717) is 0 Å². The van der Waals surface area contributed by atoms with Gasteiger partial charge in [0.05, 0.1) is 22.1 Å². The molecule has 0 saturated heterocycles. The Morgan fingerprint density at radius 2 is 1.26 bits per heavy atom. The standard InChI is InChI=1S/C39H22N2OS/c1-2-12-24-23(10-1)11-9-16-27(24)39-38-28-15-4-7-18-33(28)42-34(38)22-37(40-39)41-31-17-6-3-13-25(31)29-21-36-30(20-32(29)41)26-14-5-8-19-35(26)43-36/h1-22H. The molecular formula is C39H22N2OS. The molecule has 0 aliphatic rings. The Bertz CT molecular complexity index is 2740. The molecule has 3 nitrogen and oxygen atoms in total. The molecule has 6 aromatic carbocycles. The maximum atomic E-state index is 6.55. The van der Waals surface area contributed by atoms with E-state index >= 15 is 0 Å². The molecule has 0 amide bonds. The Balaban J connectivity index is 1.37. The lowest BCUT2D eigenvalue weighted by molar-refractivity contribution is 0.668. The highest BCUT2D eigenvalue weighted by molar-refractivity contribution is 7.25. The molecule has 10 rings (SSSR count). The highest BCUT2D eigenvalue weighted by Gasteiger charge is 2.21. The number of nitrogens with zero attached hydrogens (tertiary/aromatic N) is 2. The van der Waals surface area contributed by atoms with Gasteiger partial charge >= 0.3 is 0 Å². The lowest BCUT2D eigenvalue weighted by Gasteiger charge is -2.12. The number of benzene rings is 6. The molecule has 0 saturated carbocycles. The van der Waals surface area contributed by atoms with E-state index in [0.717, 1.165) is 50.0 Å². The number of fused-ring (bicyclic) bond motifs is 10. The monoisotopic (exact) mass is 566 g/mol. The summed E-state index contributed by atoms with van der Waals surface area (Å²) in [7, 11) is 0. The predicted molar refractivity (Wildman–Crippen MR) is 182 cm³/mol. The first kappa shape index (κ1) is 23.1. The van der Waals surface area contributed by atoms with Crippen molar-refractivity contribution in [1.82, 2.24) is 9.55 Å². The summed E-state index contributed by atoms with van der Waals surface area (Å²) in [6.45, 7) is 0. The predicted octanol–water partition coefficient (Wildman–Crippen LogP) is 11.3. The van der Waals surface area contributed by atoms with Crippen molar-refractivity contribution in [2.45, 2.75) is 0 Å². The molecule has 10 aromatic rings. The zero-order valence-corrected chi connectivity index (χ0v) is 23.7. The van der Waals surface area contributed by atoms with Crippen LogP contribution in [0.5, 0.6) is 0 Å². The Morgan fingerprint density at radius 1 is 0.512 bits per heavy atom. The smallest absolute Gasteiger partial charge is 0.142 e. The summed E-state index contributed by atoms with van der Waals surface area (Å²) >= 11 is 1.86. The lowest BCUT2D eigenvalue weighted by Crippen LogP contribution is -1.99. The molecule has 0 fully saturated rings. The van der Waals surface area contributed by atoms with Crippen LogP contribution < -0.4 is 0 Å². The minimum Gasteiger partial charge on any atom is -0.456 e. The largest absolute Gasteiger partial charge is 0.456 e. The van der Waals surface area contributed by atoms with E-state index in [2.05, 4.69) is 126 Å². The van der Waals surface area contributed by atoms with Gasteiger partial charge in [0.1, 0.15) is 17.0 Å². The van der Waals surface area contributed by atoms with Crippen molar-refractivity contribution in [3.05, 3.63) is 133 Å². The number of rotatable bonds is 2. The molecule has 0 aliphatic carbocycles. The molecule has 0 aliphatic heterocycles. The number of para-hydroxylation sites is 2. The Morgan fingerprint density at radius 3 is 2.19 bits per heavy atom. The molecule has 0 bridgehead atoms. The average molecular weight is 567 g/mol. The number of furan rings is 1. The van der Waals surface area contributed by atoms with Gasteiger partial charge in [0.15, 0.2) is 0 Å². The summed E-state index contributed by atoms with van der Waals surface area (Å²) in [5.41, 5.74) is 6.01. The van der Waals surface area contributed by atoms with Gasteiger partial charge < -0.3 is 4.42 Å². The van der Waals surface area contributed by atoms with Crippen LogP contribution in [0.15, 0.2) is 138 Å². The third-order valence-corrected chi connectivity index (χ3v) is 9.92. The summed E-state index contributed by atoms with van der Waals surface area (Å²) in [4.78, 5) is 5.52. The van der Waals surface area contributed by atoms with Crippen LogP contribution in [0.1, 0.15) is 0 Å². The van der Waals surface area contributed by atoms with E-state index in [4.69, 9.17) is 9.40 Å². The molecule has 0 N–H and O–H groups in total. The second-order valence-electron chi connectivity index (χ2n) is 11.1. The van der Waals surface area contributed by atoms with Gasteiger partial charge in [-0.25, -0.2) is 4.98 Å². The fourth-order valence-corrected chi connectivity index (χ4v) is 8.03. The zero-order valence-electron chi connectivity index (χ0n) is 22.9. The molecular weight excluding hydrogens is 545 g/mol. The van der Waals surface area contributed by atoms with Crippen molar-refractivity contribution >= 4 is 86.0 Å². The molecule has 200 valence electrons. The molecule has 0 atom stereocenters. The maximum Gasteiger partial charge on any atom is 0.142 e. The molecule has 0 radical (unpaired) electrons. The van der Waals surface area contributed by atoms with Gasteiger partial charge in [0.2, 0.25) is 0 Å². The van der Waals surface area contributed by atoms with Crippen molar-refractivity contribution in [2.75, 3.05) is 0 Å². The Kier molecular flexibility index (Phi) is 4.60. The van der Waals surface area contributed by atoms with Crippen LogP contribution in [-0.4, -0.2) is 9.55 Å². The van der Waals surface area contributed by atoms with Crippen molar-refractivity contribution in [2.24, 2.45) is 0 Å². The topological polar surface area (TPSA) is 31.0 Å². The Hall–Kier alpha value is -5.45. The summed E-state index contributed by atoms with van der Waals surface area (Å²) in [6.07, 6.45) is 0. The molecule has 0 unspecified atom stereocenters. The minimum atomic E-state index is 0.835. The van der Waals surface area contributed by atoms with Crippen molar-refractivity contribution < 1.29 is 4.42 Å². The molecule has 4 aromatic heterocycles. The normalized spacial score (nSPS) is 12.2. The van der Waals surface area contributed by atoms with Crippen LogP contribution >= 0.6 is 11.3 Å². The van der Waals surface area contributed by atoms with Gasteiger partial charge in [0, 0.05) is 48.0 Å². The van der Waals surface area contributed by atoms with E-state index in [1.165, 1.54) is 41.7 Å². The SMILES string of the molecule is c1ccc2c(-c3nc(-n4c5ccccc5c5cc6sc7ccccc7c6cc54)cc4oc5ccccc5c34)cccc2c1. The summed E-state index contributed by atoms with van der Waals surface area (Å²) in [5, 5.41) is 9.50. The average Bonchev–Trinajstić information content (AvgIpc) is 3.72. The van der Waals surface area contributed by atoms with Crippen LogP contribution in [0.3, 0.4) is 0 Å². The van der Waals surface area contributed by atoms with Crippen LogP contribution in [0.2, 0.25) is 0 Å². The molecule has 4 heteroatoms. The quantitative estimate of drug-likeness (QED) is 0.208. The van der Waals surface area contributed by atoms with E-state index < -0.39 is 0 Å². The molecule has 43 heavy (non-hydrogen) atoms. The van der Waals surface area contributed by atoms with Gasteiger partial charge in [-0.15, -0.1) is 11.3 Å². The first-order valence-electron chi connectivity index (χ1n) is 14.5.